The number of nitrogens with one attached hydrogen (secondary N) is 1. The van der Waals surface area contributed by atoms with Crippen molar-refractivity contribution in [1.29, 1.82) is 0 Å². The number of carbonyl (C=O) groups excluding carboxylic acids is 1. The Morgan fingerprint density at radius 1 is 1.27 bits per heavy atom. The molecule has 3 rings (SSSR count). The molecule has 1 aromatic carbocycles. The summed E-state index contributed by atoms with van der Waals surface area (Å²) in [6.07, 6.45) is 4.65. The third-order valence-corrected chi connectivity index (χ3v) is 5.32. The Balaban J connectivity index is 1.69. The van der Waals surface area contributed by atoms with Crippen molar-refractivity contribution in [3.05, 3.63) is 48.4 Å². The Kier molecular flexibility index (Phi) is 5.63. The van der Waals surface area contributed by atoms with Crippen LogP contribution in [0.1, 0.15) is 18.6 Å². The van der Waals surface area contributed by atoms with Crippen molar-refractivity contribution in [2.75, 3.05) is 24.7 Å². The van der Waals surface area contributed by atoms with E-state index in [9.17, 15) is 13.2 Å². The highest BCUT2D eigenvalue weighted by molar-refractivity contribution is 7.90. The maximum absolute atomic E-state index is 12.7. The summed E-state index contributed by atoms with van der Waals surface area (Å²) in [6.45, 7) is 1.52. The number of amides is 2. The van der Waals surface area contributed by atoms with Gasteiger partial charge in [0, 0.05) is 25.1 Å². The van der Waals surface area contributed by atoms with Gasteiger partial charge in [-0.25, -0.2) is 13.2 Å². The largest absolute Gasteiger partial charge is 0.467 e. The normalized spacial score (nSPS) is 17.2. The minimum Gasteiger partial charge on any atom is -0.467 e. The first-order chi connectivity index (χ1) is 12.4. The molecule has 1 N–H and O–H groups in total. The third kappa shape index (κ3) is 4.86. The lowest BCUT2D eigenvalue weighted by molar-refractivity contribution is 0.0803. The second-order valence-electron chi connectivity index (χ2n) is 6.32. The Hall–Kier alpha value is -2.32. The zero-order chi connectivity index (χ0) is 18.6. The van der Waals surface area contributed by atoms with Crippen LogP contribution in [0.5, 0.6) is 0 Å². The number of urea groups is 1. The van der Waals surface area contributed by atoms with Crippen LogP contribution >= 0.6 is 0 Å². The van der Waals surface area contributed by atoms with Crippen LogP contribution in [0.3, 0.4) is 0 Å². The summed E-state index contributed by atoms with van der Waals surface area (Å²) < 4.78 is 34.0. The molecule has 1 atom stereocenters. The minimum atomic E-state index is -3.27. The predicted molar refractivity (Wildman–Crippen MR) is 96.7 cm³/mol. The van der Waals surface area contributed by atoms with Crippen LogP contribution in [0, 0.1) is 0 Å². The van der Waals surface area contributed by atoms with Crippen LogP contribution in [-0.4, -0.2) is 44.9 Å². The molecular weight excluding hydrogens is 356 g/mol. The predicted octanol–water partition coefficient (Wildman–Crippen LogP) is 2.90. The number of rotatable bonds is 6. The molecule has 2 aromatic rings. The maximum atomic E-state index is 12.7. The van der Waals surface area contributed by atoms with E-state index in [0.29, 0.717) is 31.1 Å². The molecular formula is C18H22N2O5S. The number of sulfone groups is 1. The van der Waals surface area contributed by atoms with Crippen LogP contribution in [0.25, 0.3) is 0 Å². The standard InChI is InChI=1S/C18H22N2O5S/c1-26(22,23)17-8-6-14(7-9-17)19-18(21)20(12-15-4-2-10-24-15)13-16-5-3-11-25-16/h2,4,6-10,16H,3,5,11-13H2,1H3,(H,19,21). The first-order valence-electron chi connectivity index (χ1n) is 8.42. The van der Waals surface area contributed by atoms with Crippen molar-refractivity contribution in [2.45, 2.75) is 30.4 Å². The molecule has 1 unspecified atom stereocenters. The molecule has 1 fully saturated rings. The van der Waals surface area contributed by atoms with Crippen LogP contribution < -0.4 is 5.32 Å². The monoisotopic (exact) mass is 378 g/mol. The molecule has 1 aliphatic rings. The maximum Gasteiger partial charge on any atom is 0.322 e. The van der Waals surface area contributed by atoms with Crippen molar-refractivity contribution in [3.8, 4) is 0 Å². The highest BCUT2D eigenvalue weighted by Gasteiger charge is 2.23. The summed E-state index contributed by atoms with van der Waals surface area (Å²) in [5, 5.41) is 2.80. The first kappa shape index (κ1) is 18.5. The fraction of sp³-hybridized carbons (Fsp3) is 0.389. The number of anilines is 1. The van der Waals surface area contributed by atoms with Gasteiger partial charge in [-0.3, -0.25) is 0 Å². The van der Waals surface area contributed by atoms with Gasteiger partial charge >= 0.3 is 6.03 Å². The van der Waals surface area contributed by atoms with Crippen LogP contribution in [0.15, 0.2) is 52.0 Å². The molecule has 8 heteroatoms. The summed E-state index contributed by atoms with van der Waals surface area (Å²) >= 11 is 0. The van der Waals surface area contributed by atoms with E-state index in [4.69, 9.17) is 9.15 Å². The van der Waals surface area contributed by atoms with Crippen molar-refractivity contribution >= 4 is 21.6 Å². The molecule has 1 aliphatic heterocycles. The second kappa shape index (κ2) is 7.92. The van der Waals surface area contributed by atoms with Gasteiger partial charge in [0.2, 0.25) is 0 Å². The van der Waals surface area contributed by atoms with Gasteiger partial charge in [0.1, 0.15) is 5.76 Å². The van der Waals surface area contributed by atoms with E-state index in [0.717, 1.165) is 19.1 Å². The summed E-state index contributed by atoms with van der Waals surface area (Å²) in [7, 11) is -3.27. The van der Waals surface area contributed by atoms with Crippen molar-refractivity contribution < 1.29 is 22.4 Å². The minimum absolute atomic E-state index is 0.0170. The molecule has 2 amide bonds. The molecule has 26 heavy (non-hydrogen) atoms. The highest BCUT2D eigenvalue weighted by atomic mass is 32.2. The lowest BCUT2D eigenvalue weighted by Gasteiger charge is -2.25. The van der Waals surface area contributed by atoms with E-state index < -0.39 is 9.84 Å². The third-order valence-electron chi connectivity index (χ3n) is 4.20. The van der Waals surface area contributed by atoms with E-state index in [-0.39, 0.29) is 17.0 Å². The lowest BCUT2D eigenvalue weighted by atomic mass is 10.2. The zero-order valence-electron chi connectivity index (χ0n) is 14.6. The Labute approximate surface area is 152 Å². The van der Waals surface area contributed by atoms with E-state index >= 15 is 0 Å². The SMILES string of the molecule is CS(=O)(=O)c1ccc(NC(=O)N(Cc2ccco2)CC2CCCO2)cc1. The molecule has 7 nitrogen and oxygen atoms in total. The number of hydrogen-bond acceptors (Lipinski definition) is 5. The molecule has 0 radical (unpaired) electrons. The van der Waals surface area contributed by atoms with E-state index in [1.165, 1.54) is 12.1 Å². The van der Waals surface area contributed by atoms with Gasteiger partial charge in [-0.05, 0) is 49.2 Å². The van der Waals surface area contributed by atoms with Gasteiger partial charge in [0.15, 0.2) is 9.84 Å². The fourth-order valence-electron chi connectivity index (χ4n) is 2.83. The molecule has 0 spiro atoms. The summed E-state index contributed by atoms with van der Waals surface area (Å²) in [5.74, 6) is 0.686. The summed E-state index contributed by atoms with van der Waals surface area (Å²) in [4.78, 5) is 14.6. The molecule has 0 aliphatic carbocycles. The topological polar surface area (TPSA) is 88.9 Å². The fourth-order valence-corrected chi connectivity index (χ4v) is 3.46. The number of carbonyl (C=O) groups is 1. The van der Waals surface area contributed by atoms with Crippen LogP contribution in [-0.2, 0) is 21.1 Å². The van der Waals surface area contributed by atoms with Crippen LogP contribution in [0.2, 0.25) is 0 Å². The average molecular weight is 378 g/mol. The number of nitrogens with zero attached hydrogens (tertiary/aromatic N) is 1. The average Bonchev–Trinajstić information content (AvgIpc) is 3.28. The molecule has 1 saturated heterocycles. The number of hydrogen-bond donors (Lipinski definition) is 1. The Morgan fingerprint density at radius 2 is 2.04 bits per heavy atom. The summed E-state index contributed by atoms with van der Waals surface area (Å²) in [5.41, 5.74) is 0.527. The molecule has 2 heterocycles. The molecule has 1 aromatic heterocycles. The van der Waals surface area contributed by atoms with Gasteiger partial charge in [-0.1, -0.05) is 0 Å². The number of ether oxygens (including phenoxy) is 1. The van der Waals surface area contributed by atoms with Gasteiger partial charge in [-0.2, -0.15) is 0 Å². The molecule has 140 valence electrons. The van der Waals surface area contributed by atoms with E-state index in [1.807, 2.05) is 6.07 Å². The van der Waals surface area contributed by atoms with Gasteiger partial charge in [0.25, 0.3) is 0 Å². The Bertz CT molecular complexity index is 825. The lowest BCUT2D eigenvalue weighted by Crippen LogP contribution is -2.39. The van der Waals surface area contributed by atoms with Crippen molar-refractivity contribution in [1.82, 2.24) is 4.90 Å². The molecule has 0 bridgehead atoms. The van der Waals surface area contributed by atoms with Gasteiger partial charge in [0.05, 0.1) is 23.8 Å². The highest BCUT2D eigenvalue weighted by Crippen LogP contribution is 2.18. The Morgan fingerprint density at radius 3 is 2.62 bits per heavy atom. The summed E-state index contributed by atoms with van der Waals surface area (Å²) in [6, 6.07) is 9.41. The van der Waals surface area contributed by atoms with Crippen molar-refractivity contribution in [3.63, 3.8) is 0 Å². The first-order valence-corrected chi connectivity index (χ1v) is 10.3. The van der Waals surface area contributed by atoms with E-state index in [2.05, 4.69) is 5.32 Å². The van der Waals surface area contributed by atoms with Gasteiger partial charge in [-0.15, -0.1) is 0 Å². The smallest absolute Gasteiger partial charge is 0.322 e. The number of furan rings is 1. The van der Waals surface area contributed by atoms with Crippen molar-refractivity contribution in [2.24, 2.45) is 0 Å². The van der Waals surface area contributed by atoms with Crippen LogP contribution in [0.4, 0.5) is 10.5 Å². The quantitative estimate of drug-likeness (QED) is 0.835. The van der Waals surface area contributed by atoms with Gasteiger partial charge < -0.3 is 19.4 Å². The van der Waals surface area contributed by atoms with E-state index in [1.54, 1.807) is 29.4 Å². The zero-order valence-corrected chi connectivity index (χ0v) is 15.4. The molecule has 0 saturated carbocycles. The number of benzene rings is 1. The second-order valence-corrected chi connectivity index (χ2v) is 8.34.